The van der Waals surface area contributed by atoms with E-state index in [-0.39, 0.29) is 5.91 Å². The zero-order chi connectivity index (χ0) is 17.1. The van der Waals surface area contributed by atoms with Crippen LogP contribution >= 0.6 is 15.9 Å². The fourth-order valence-corrected chi connectivity index (χ4v) is 3.22. The van der Waals surface area contributed by atoms with Crippen molar-refractivity contribution < 1.29 is 4.79 Å². The number of halogens is 1. The van der Waals surface area contributed by atoms with Crippen LogP contribution in [-0.2, 0) is 0 Å². The second-order valence-corrected chi connectivity index (χ2v) is 7.23. The summed E-state index contributed by atoms with van der Waals surface area (Å²) in [5.41, 5.74) is 1.14. The number of nitrogens with zero attached hydrogens (tertiary/aromatic N) is 3. The lowest BCUT2D eigenvalue weighted by atomic mass is 10.0. The molecule has 1 atom stereocenters. The Morgan fingerprint density at radius 3 is 2.75 bits per heavy atom. The average Bonchev–Trinajstić information content (AvgIpc) is 2.56. The van der Waals surface area contributed by atoms with Gasteiger partial charge in [0, 0.05) is 29.3 Å². The van der Waals surface area contributed by atoms with Crippen LogP contribution in [0.3, 0.4) is 0 Å². The summed E-state index contributed by atoms with van der Waals surface area (Å²) in [5, 5.41) is 2.88. The van der Waals surface area contributed by atoms with E-state index >= 15 is 0 Å². The van der Waals surface area contributed by atoms with Gasteiger partial charge in [-0.1, -0.05) is 22.9 Å². The lowest BCUT2D eigenvalue weighted by Crippen LogP contribution is -2.35. The number of nitrogens with one attached hydrogen (secondary N) is 1. The smallest absolute Gasteiger partial charge is 0.274 e. The van der Waals surface area contributed by atoms with Crippen LogP contribution in [0.1, 0.15) is 36.1 Å². The van der Waals surface area contributed by atoms with E-state index in [4.69, 9.17) is 0 Å². The lowest BCUT2D eigenvalue weighted by molar-refractivity contribution is 0.102. The number of piperidine rings is 1. The van der Waals surface area contributed by atoms with Gasteiger partial charge in [-0.25, -0.2) is 9.97 Å². The Kier molecular flexibility index (Phi) is 5.14. The van der Waals surface area contributed by atoms with E-state index in [9.17, 15) is 4.79 Å². The molecule has 0 saturated carbocycles. The molecule has 1 amide bonds. The number of aryl methyl sites for hydroxylation is 1. The van der Waals surface area contributed by atoms with E-state index in [2.05, 4.69) is 43.0 Å². The minimum atomic E-state index is -0.214. The highest BCUT2D eigenvalue weighted by Crippen LogP contribution is 2.22. The third-order valence-corrected chi connectivity index (χ3v) is 4.67. The molecule has 0 aliphatic carbocycles. The Bertz CT molecular complexity index is 732. The van der Waals surface area contributed by atoms with Crippen LogP contribution < -0.4 is 10.2 Å². The quantitative estimate of drug-likeness (QED) is 0.861. The molecule has 126 valence electrons. The second-order valence-electron chi connectivity index (χ2n) is 6.31. The summed E-state index contributed by atoms with van der Waals surface area (Å²) in [6, 6.07) is 9.27. The molecule has 1 aliphatic rings. The summed E-state index contributed by atoms with van der Waals surface area (Å²) in [7, 11) is 0. The fourth-order valence-electron chi connectivity index (χ4n) is 2.96. The lowest BCUT2D eigenvalue weighted by Gasteiger charge is -2.32. The van der Waals surface area contributed by atoms with Crippen LogP contribution in [0.4, 0.5) is 11.5 Å². The van der Waals surface area contributed by atoms with E-state index in [0.29, 0.717) is 17.4 Å². The molecular weight excluding hydrogens is 368 g/mol. The van der Waals surface area contributed by atoms with Gasteiger partial charge < -0.3 is 10.2 Å². The molecule has 1 aliphatic heterocycles. The zero-order valence-electron chi connectivity index (χ0n) is 13.9. The molecule has 2 aromatic rings. The predicted molar refractivity (Wildman–Crippen MR) is 99.5 cm³/mol. The maximum Gasteiger partial charge on any atom is 0.274 e. The van der Waals surface area contributed by atoms with Gasteiger partial charge in [-0.3, -0.25) is 4.79 Å². The van der Waals surface area contributed by atoms with Gasteiger partial charge in [-0.2, -0.15) is 0 Å². The van der Waals surface area contributed by atoms with Gasteiger partial charge in [0.15, 0.2) is 0 Å². The minimum Gasteiger partial charge on any atom is -0.356 e. The maximum absolute atomic E-state index is 12.5. The van der Waals surface area contributed by atoms with Crippen molar-refractivity contribution in [2.45, 2.75) is 26.7 Å². The van der Waals surface area contributed by atoms with Crippen LogP contribution in [0.5, 0.6) is 0 Å². The topological polar surface area (TPSA) is 58.1 Å². The van der Waals surface area contributed by atoms with Crippen molar-refractivity contribution in [2.75, 3.05) is 23.3 Å². The van der Waals surface area contributed by atoms with Crippen LogP contribution in [0.25, 0.3) is 0 Å². The Morgan fingerprint density at radius 2 is 2.04 bits per heavy atom. The van der Waals surface area contributed by atoms with Gasteiger partial charge in [0.05, 0.1) is 0 Å². The highest BCUT2D eigenvalue weighted by Gasteiger charge is 2.20. The number of carbonyl (C=O) groups is 1. The first-order valence-electron chi connectivity index (χ1n) is 8.19. The Morgan fingerprint density at radius 1 is 1.29 bits per heavy atom. The molecule has 0 spiro atoms. The molecular formula is C18H21BrN4O. The molecule has 1 fully saturated rings. The van der Waals surface area contributed by atoms with Gasteiger partial charge in [0.2, 0.25) is 0 Å². The highest BCUT2D eigenvalue weighted by atomic mass is 79.9. The van der Waals surface area contributed by atoms with E-state index in [1.54, 1.807) is 6.07 Å². The molecule has 1 N–H and O–H groups in total. The summed E-state index contributed by atoms with van der Waals surface area (Å²) >= 11 is 3.39. The summed E-state index contributed by atoms with van der Waals surface area (Å²) in [4.78, 5) is 23.6. The van der Waals surface area contributed by atoms with Gasteiger partial charge in [0.1, 0.15) is 17.3 Å². The fraction of sp³-hybridized carbons (Fsp3) is 0.389. The van der Waals surface area contributed by atoms with Crippen molar-refractivity contribution in [1.29, 1.82) is 0 Å². The number of rotatable bonds is 3. The SMILES string of the molecule is Cc1nc(C(=O)Nc2ccc(Br)cc2)cc(N2CCCC(C)C2)n1. The molecule has 1 aromatic carbocycles. The largest absolute Gasteiger partial charge is 0.356 e. The molecule has 6 heteroatoms. The first kappa shape index (κ1) is 16.9. The standard InChI is InChI=1S/C18H21BrN4O/c1-12-4-3-9-23(11-12)17-10-16(20-13(2)21-17)18(24)22-15-7-5-14(19)6-8-15/h5-8,10,12H,3-4,9,11H2,1-2H3,(H,22,24). The normalized spacial score (nSPS) is 17.6. The van der Waals surface area contributed by atoms with Gasteiger partial charge in [-0.05, 0) is 49.9 Å². The number of hydrogen-bond donors (Lipinski definition) is 1. The van der Waals surface area contributed by atoms with Crippen molar-refractivity contribution >= 4 is 33.3 Å². The Hall–Kier alpha value is -1.95. The van der Waals surface area contributed by atoms with Crippen LogP contribution in [0, 0.1) is 12.8 Å². The van der Waals surface area contributed by atoms with Gasteiger partial charge >= 0.3 is 0 Å². The molecule has 2 heterocycles. The van der Waals surface area contributed by atoms with Crippen LogP contribution in [0.2, 0.25) is 0 Å². The molecule has 0 bridgehead atoms. The first-order chi connectivity index (χ1) is 11.5. The number of aromatic nitrogens is 2. The molecule has 1 aromatic heterocycles. The Labute approximate surface area is 150 Å². The zero-order valence-corrected chi connectivity index (χ0v) is 15.5. The van der Waals surface area contributed by atoms with Crippen LogP contribution in [-0.4, -0.2) is 29.0 Å². The molecule has 3 rings (SSSR count). The number of amides is 1. The first-order valence-corrected chi connectivity index (χ1v) is 8.98. The third-order valence-electron chi connectivity index (χ3n) is 4.14. The molecule has 1 saturated heterocycles. The Balaban J connectivity index is 1.79. The van der Waals surface area contributed by atoms with Crippen molar-refractivity contribution in [3.05, 3.63) is 46.3 Å². The molecule has 24 heavy (non-hydrogen) atoms. The monoisotopic (exact) mass is 388 g/mol. The average molecular weight is 389 g/mol. The van der Waals surface area contributed by atoms with Crippen molar-refractivity contribution in [2.24, 2.45) is 5.92 Å². The minimum absolute atomic E-state index is 0.214. The van der Waals surface area contributed by atoms with Gasteiger partial charge in [-0.15, -0.1) is 0 Å². The second kappa shape index (κ2) is 7.30. The molecule has 5 nitrogen and oxygen atoms in total. The molecule has 0 radical (unpaired) electrons. The number of hydrogen-bond acceptors (Lipinski definition) is 4. The number of carbonyl (C=O) groups excluding carboxylic acids is 1. The number of benzene rings is 1. The van der Waals surface area contributed by atoms with Crippen molar-refractivity contribution in [3.8, 4) is 0 Å². The summed E-state index contributed by atoms with van der Waals surface area (Å²) < 4.78 is 0.972. The third kappa shape index (κ3) is 4.12. The summed E-state index contributed by atoms with van der Waals surface area (Å²) in [5.74, 6) is 1.89. The van der Waals surface area contributed by atoms with Crippen molar-refractivity contribution in [1.82, 2.24) is 9.97 Å². The summed E-state index contributed by atoms with van der Waals surface area (Å²) in [6.07, 6.45) is 2.40. The van der Waals surface area contributed by atoms with Gasteiger partial charge in [0.25, 0.3) is 5.91 Å². The number of anilines is 2. The van der Waals surface area contributed by atoms with E-state index in [1.807, 2.05) is 31.2 Å². The van der Waals surface area contributed by atoms with E-state index < -0.39 is 0 Å². The van der Waals surface area contributed by atoms with Crippen molar-refractivity contribution in [3.63, 3.8) is 0 Å². The highest BCUT2D eigenvalue weighted by molar-refractivity contribution is 9.10. The van der Waals surface area contributed by atoms with E-state index in [1.165, 1.54) is 6.42 Å². The summed E-state index contributed by atoms with van der Waals surface area (Å²) in [6.45, 7) is 6.04. The molecule has 1 unspecified atom stereocenters. The van der Waals surface area contributed by atoms with Crippen LogP contribution in [0.15, 0.2) is 34.8 Å². The maximum atomic E-state index is 12.5. The predicted octanol–water partition coefficient (Wildman–Crippen LogP) is 4.04. The van der Waals surface area contributed by atoms with E-state index in [0.717, 1.165) is 35.5 Å².